The Bertz CT molecular complexity index is 717. The Balaban J connectivity index is 1.91. The lowest BCUT2D eigenvalue weighted by molar-refractivity contribution is 0.667. The van der Waals surface area contributed by atoms with Crippen LogP contribution in [0.1, 0.15) is 23.0 Å². The van der Waals surface area contributed by atoms with Crippen LogP contribution in [0.3, 0.4) is 0 Å². The van der Waals surface area contributed by atoms with Gasteiger partial charge in [0.05, 0.1) is 11.6 Å². The molecule has 0 aliphatic carbocycles. The molecule has 20 heavy (non-hydrogen) atoms. The Hall–Kier alpha value is -2.33. The standard InChI is InChI=1S/C16H16N4/c1-11-9-19-16(20-10-11)14(17)8-12-6-7-18-15-5-3-2-4-13(12)15/h2-7,9-10,14H,8,17H2,1H3. The van der Waals surface area contributed by atoms with Gasteiger partial charge in [-0.3, -0.25) is 4.98 Å². The Kier molecular flexibility index (Phi) is 3.39. The van der Waals surface area contributed by atoms with Crippen molar-refractivity contribution in [3.8, 4) is 0 Å². The highest BCUT2D eigenvalue weighted by molar-refractivity contribution is 5.81. The Morgan fingerprint density at radius 3 is 2.60 bits per heavy atom. The van der Waals surface area contributed by atoms with Crippen molar-refractivity contribution < 1.29 is 0 Å². The third-order valence-corrected chi connectivity index (χ3v) is 3.31. The van der Waals surface area contributed by atoms with Gasteiger partial charge in [0.25, 0.3) is 0 Å². The minimum absolute atomic E-state index is 0.207. The van der Waals surface area contributed by atoms with Gasteiger partial charge in [-0.25, -0.2) is 9.97 Å². The van der Waals surface area contributed by atoms with Crippen molar-refractivity contribution in [2.75, 3.05) is 0 Å². The molecule has 0 fully saturated rings. The fraction of sp³-hybridized carbons (Fsp3) is 0.188. The molecular formula is C16H16N4. The number of para-hydroxylation sites is 1. The lowest BCUT2D eigenvalue weighted by atomic mass is 10.0. The van der Waals surface area contributed by atoms with E-state index in [1.54, 1.807) is 12.4 Å². The Labute approximate surface area is 117 Å². The summed E-state index contributed by atoms with van der Waals surface area (Å²) >= 11 is 0. The molecule has 1 aromatic carbocycles. The number of aryl methyl sites for hydroxylation is 1. The van der Waals surface area contributed by atoms with Crippen LogP contribution >= 0.6 is 0 Å². The van der Waals surface area contributed by atoms with Crippen LogP contribution in [-0.2, 0) is 6.42 Å². The lowest BCUT2D eigenvalue weighted by Crippen LogP contribution is -2.16. The highest BCUT2D eigenvalue weighted by Gasteiger charge is 2.12. The predicted molar refractivity (Wildman–Crippen MR) is 79.1 cm³/mol. The van der Waals surface area contributed by atoms with Gasteiger partial charge in [-0.15, -0.1) is 0 Å². The first-order chi connectivity index (χ1) is 9.74. The Morgan fingerprint density at radius 2 is 1.80 bits per heavy atom. The zero-order valence-electron chi connectivity index (χ0n) is 11.3. The van der Waals surface area contributed by atoms with Gasteiger partial charge < -0.3 is 5.73 Å². The van der Waals surface area contributed by atoms with Gasteiger partial charge in [-0.2, -0.15) is 0 Å². The van der Waals surface area contributed by atoms with Gasteiger partial charge >= 0.3 is 0 Å². The smallest absolute Gasteiger partial charge is 0.145 e. The van der Waals surface area contributed by atoms with Crippen LogP contribution in [0, 0.1) is 6.92 Å². The second-order valence-corrected chi connectivity index (χ2v) is 4.92. The first kappa shape index (κ1) is 12.7. The highest BCUT2D eigenvalue weighted by atomic mass is 14.9. The molecule has 0 bridgehead atoms. The summed E-state index contributed by atoms with van der Waals surface area (Å²) in [5, 5.41) is 1.14. The zero-order chi connectivity index (χ0) is 13.9. The molecule has 100 valence electrons. The molecule has 0 amide bonds. The van der Waals surface area contributed by atoms with Crippen molar-refractivity contribution in [3.05, 3.63) is 65.9 Å². The fourth-order valence-electron chi connectivity index (χ4n) is 2.26. The molecule has 0 aliphatic rings. The molecule has 1 unspecified atom stereocenters. The minimum Gasteiger partial charge on any atom is -0.321 e. The molecule has 0 aliphatic heterocycles. The van der Waals surface area contributed by atoms with Gasteiger partial charge in [0, 0.05) is 24.0 Å². The van der Waals surface area contributed by atoms with Gasteiger partial charge in [0.2, 0.25) is 0 Å². The van der Waals surface area contributed by atoms with E-state index < -0.39 is 0 Å². The van der Waals surface area contributed by atoms with Crippen LogP contribution in [0.4, 0.5) is 0 Å². The average molecular weight is 264 g/mol. The molecule has 0 saturated carbocycles. The van der Waals surface area contributed by atoms with E-state index in [-0.39, 0.29) is 6.04 Å². The van der Waals surface area contributed by atoms with Crippen molar-refractivity contribution in [2.24, 2.45) is 5.73 Å². The normalized spacial score (nSPS) is 12.5. The van der Waals surface area contributed by atoms with E-state index in [4.69, 9.17) is 5.73 Å². The maximum absolute atomic E-state index is 6.22. The van der Waals surface area contributed by atoms with E-state index in [0.29, 0.717) is 12.2 Å². The van der Waals surface area contributed by atoms with E-state index in [0.717, 1.165) is 16.5 Å². The topological polar surface area (TPSA) is 64.7 Å². The molecule has 0 radical (unpaired) electrons. The largest absolute Gasteiger partial charge is 0.321 e. The van der Waals surface area contributed by atoms with E-state index in [1.165, 1.54) is 5.56 Å². The van der Waals surface area contributed by atoms with E-state index >= 15 is 0 Å². The first-order valence-electron chi connectivity index (χ1n) is 6.61. The molecule has 0 saturated heterocycles. The van der Waals surface area contributed by atoms with Crippen molar-refractivity contribution in [3.63, 3.8) is 0 Å². The molecular weight excluding hydrogens is 248 g/mol. The highest BCUT2D eigenvalue weighted by Crippen LogP contribution is 2.20. The summed E-state index contributed by atoms with van der Waals surface area (Å²) < 4.78 is 0. The molecule has 1 atom stereocenters. The van der Waals surface area contributed by atoms with Crippen LogP contribution in [0.5, 0.6) is 0 Å². The Morgan fingerprint density at radius 1 is 1.05 bits per heavy atom. The first-order valence-corrected chi connectivity index (χ1v) is 6.61. The number of nitrogens with two attached hydrogens (primary N) is 1. The SMILES string of the molecule is Cc1cnc(C(N)Cc2ccnc3ccccc23)nc1. The fourth-order valence-corrected chi connectivity index (χ4v) is 2.26. The van der Waals surface area contributed by atoms with Crippen molar-refractivity contribution in [1.82, 2.24) is 15.0 Å². The van der Waals surface area contributed by atoms with Crippen LogP contribution in [0.2, 0.25) is 0 Å². The molecule has 3 aromatic rings. The second-order valence-electron chi connectivity index (χ2n) is 4.92. The number of hydrogen-bond acceptors (Lipinski definition) is 4. The zero-order valence-corrected chi connectivity index (χ0v) is 11.3. The summed E-state index contributed by atoms with van der Waals surface area (Å²) in [6.45, 7) is 1.96. The molecule has 2 N–H and O–H groups in total. The molecule has 2 heterocycles. The van der Waals surface area contributed by atoms with Crippen molar-refractivity contribution in [1.29, 1.82) is 0 Å². The maximum Gasteiger partial charge on any atom is 0.145 e. The van der Waals surface area contributed by atoms with E-state index in [2.05, 4.69) is 21.0 Å². The minimum atomic E-state index is -0.207. The van der Waals surface area contributed by atoms with Crippen LogP contribution in [0.15, 0.2) is 48.9 Å². The van der Waals surface area contributed by atoms with Crippen molar-refractivity contribution >= 4 is 10.9 Å². The number of rotatable bonds is 3. The predicted octanol–water partition coefficient (Wildman–Crippen LogP) is 2.58. The van der Waals surface area contributed by atoms with Crippen LogP contribution in [-0.4, -0.2) is 15.0 Å². The summed E-state index contributed by atoms with van der Waals surface area (Å²) in [5.74, 6) is 0.677. The quantitative estimate of drug-likeness (QED) is 0.789. The number of aromatic nitrogens is 3. The van der Waals surface area contributed by atoms with Crippen molar-refractivity contribution in [2.45, 2.75) is 19.4 Å². The molecule has 3 rings (SSSR count). The second kappa shape index (κ2) is 5.35. The molecule has 4 heteroatoms. The number of hydrogen-bond donors (Lipinski definition) is 1. The third kappa shape index (κ3) is 2.51. The van der Waals surface area contributed by atoms with Crippen LogP contribution in [0.25, 0.3) is 10.9 Å². The summed E-state index contributed by atoms with van der Waals surface area (Å²) in [6, 6.07) is 9.88. The van der Waals surface area contributed by atoms with Crippen LogP contribution < -0.4 is 5.73 Å². The molecule has 0 spiro atoms. The average Bonchev–Trinajstić information content (AvgIpc) is 2.48. The molecule has 2 aromatic heterocycles. The van der Waals surface area contributed by atoms with E-state index in [9.17, 15) is 0 Å². The summed E-state index contributed by atoms with van der Waals surface area (Å²) in [5.41, 5.74) is 9.42. The number of nitrogens with zero attached hydrogens (tertiary/aromatic N) is 3. The monoisotopic (exact) mass is 264 g/mol. The van der Waals surface area contributed by atoms with Gasteiger partial charge in [0.15, 0.2) is 0 Å². The summed E-state index contributed by atoms with van der Waals surface area (Å²) in [4.78, 5) is 13.0. The summed E-state index contributed by atoms with van der Waals surface area (Å²) in [7, 11) is 0. The summed E-state index contributed by atoms with van der Waals surface area (Å²) in [6.07, 6.45) is 6.12. The number of fused-ring (bicyclic) bond motifs is 1. The third-order valence-electron chi connectivity index (χ3n) is 3.31. The number of pyridine rings is 1. The maximum atomic E-state index is 6.22. The lowest BCUT2D eigenvalue weighted by Gasteiger charge is -2.12. The molecule has 4 nitrogen and oxygen atoms in total. The van der Waals surface area contributed by atoms with Gasteiger partial charge in [0.1, 0.15) is 5.82 Å². The van der Waals surface area contributed by atoms with E-state index in [1.807, 2.05) is 37.4 Å². The number of benzene rings is 1. The van der Waals surface area contributed by atoms with Gasteiger partial charge in [-0.1, -0.05) is 18.2 Å². The van der Waals surface area contributed by atoms with Gasteiger partial charge in [-0.05, 0) is 36.6 Å².